The number of halogens is 1. The van der Waals surface area contributed by atoms with Gasteiger partial charge in [-0.25, -0.2) is 0 Å². The Morgan fingerprint density at radius 1 is 0.966 bits per heavy atom. The van der Waals surface area contributed by atoms with Crippen LogP contribution in [0.15, 0.2) is 47.5 Å². The Morgan fingerprint density at radius 3 is 2.07 bits per heavy atom. The van der Waals surface area contributed by atoms with Crippen molar-refractivity contribution in [2.24, 2.45) is 4.99 Å². The van der Waals surface area contributed by atoms with Crippen LogP contribution in [0.25, 0.3) is 0 Å². The molecule has 3 rings (SSSR count). The summed E-state index contributed by atoms with van der Waals surface area (Å²) in [7, 11) is 6.68. The Kier molecular flexibility index (Phi) is 8.43. The smallest absolute Gasteiger partial charge is 0.191 e. The van der Waals surface area contributed by atoms with Gasteiger partial charge in [-0.1, -0.05) is 30.3 Å². The Labute approximate surface area is 190 Å². The lowest BCUT2D eigenvalue weighted by Gasteiger charge is -2.20. The Bertz CT molecular complexity index is 798. The van der Waals surface area contributed by atoms with Crippen LogP contribution in [0.2, 0.25) is 0 Å². The van der Waals surface area contributed by atoms with Crippen LogP contribution in [-0.2, 0) is 12.0 Å². The van der Waals surface area contributed by atoms with Gasteiger partial charge in [0.25, 0.3) is 0 Å². The number of nitrogens with zero attached hydrogens (tertiary/aromatic N) is 1. The average molecular weight is 511 g/mol. The van der Waals surface area contributed by atoms with Crippen LogP contribution in [0.4, 0.5) is 0 Å². The summed E-state index contributed by atoms with van der Waals surface area (Å²) < 4.78 is 16.3. The monoisotopic (exact) mass is 511 g/mol. The molecular formula is C22H30IN3O3. The van der Waals surface area contributed by atoms with Crippen molar-refractivity contribution in [1.82, 2.24) is 10.6 Å². The maximum atomic E-state index is 5.52. The second-order valence-electron chi connectivity index (χ2n) is 6.94. The van der Waals surface area contributed by atoms with E-state index in [0.29, 0.717) is 23.8 Å². The summed E-state index contributed by atoms with van der Waals surface area (Å²) >= 11 is 0. The minimum Gasteiger partial charge on any atom is -0.496 e. The molecule has 2 N–H and O–H groups in total. The van der Waals surface area contributed by atoms with Crippen molar-refractivity contribution in [3.05, 3.63) is 53.6 Å². The molecule has 0 unspecified atom stereocenters. The summed E-state index contributed by atoms with van der Waals surface area (Å²) in [6, 6.07) is 14.4. The lowest BCUT2D eigenvalue weighted by atomic mass is 9.96. The highest BCUT2D eigenvalue weighted by atomic mass is 127. The van der Waals surface area contributed by atoms with Crippen molar-refractivity contribution in [3.8, 4) is 17.2 Å². The number of hydrogen-bond acceptors (Lipinski definition) is 4. The van der Waals surface area contributed by atoms with Gasteiger partial charge in [0.2, 0.25) is 0 Å². The lowest BCUT2D eigenvalue weighted by molar-refractivity contribution is 0.368. The molecule has 0 aromatic heterocycles. The molecule has 29 heavy (non-hydrogen) atoms. The summed E-state index contributed by atoms with van der Waals surface area (Å²) in [6.07, 6.45) is 2.39. The molecule has 0 bridgehead atoms. The topological polar surface area (TPSA) is 64.1 Å². The van der Waals surface area contributed by atoms with Gasteiger partial charge in [-0.15, -0.1) is 24.0 Å². The molecular weight excluding hydrogens is 481 g/mol. The van der Waals surface area contributed by atoms with Gasteiger partial charge in [-0.2, -0.15) is 0 Å². The van der Waals surface area contributed by atoms with Gasteiger partial charge in [0.15, 0.2) is 5.96 Å². The van der Waals surface area contributed by atoms with Gasteiger partial charge in [0.05, 0.1) is 33.4 Å². The number of aliphatic imine (C=N–C) groups is 1. The van der Waals surface area contributed by atoms with Gasteiger partial charge >= 0.3 is 0 Å². The van der Waals surface area contributed by atoms with E-state index in [1.54, 1.807) is 28.4 Å². The molecule has 1 aliphatic rings. The number of hydrogen-bond donors (Lipinski definition) is 2. The van der Waals surface area contributed by atoms with Gasteiger partial charge in [-0.3, -0.25) is 4.99 Å². The van der Waals surface area contributed by atoms with Crippen LogP contribution >= 0.6 is 24.0 Å². The highest BCUT2D eigenvalue weighted by Gasteiger charge is 2.44. The first-order valence-corrected chi connectivity index (χ1v) is 9.44. The Hall–Kier alpha value is -2.16. The molecule has 0 atom stereocenters. The standard InChI is InChI=1S/C22H29N3O3.HI/c1-23-21(25-15-22(10-11-22)16-8-6-5-7-9-16)24-14-18-19(27-3)12-17(26-2)13-20(18)28-4;/h5-9,12-13H,10-11,14-15H2,1-4H3,(H2,23,24,25);1H. The molecule has 0 spiro atoms. The van der Waals surface area contributed by atoms with Crippen LogP contribution in [0.5, 0.6) is 17.2 Å². The van der Waals surface area contributed by atoms with E-state index in [-0.39, 0.29) is 29.4 Å². The number of benzene rings is 2. The van der Waals surface area contributed by atoms with Crippen LogP contribution in [0.3, 0.4) is 0 Å². The molecule has 0 saturated heterocycles. The van der Waals surface area contributed by atoms with Crippen molar-refractivity contribution in [3.63, 3.8) is 0 Å². The maximum Gasteiger partial charge on any atom is 0.191 e. The van der Waals surface area contributed by atoms with Crippen molar-refractivity contribution >= 4 is 29.9 Å². The minimum absolute atomic E-state index is 0. The van der Waals surface area contributed by atoms with E-state index in [1.165, 1.54) is 18.4 Å². The molecule has 2 aromatic carbocycles. The first-order chi connectivity index (χ1) is 13.7. The fourth-order valence-electron chi connectivity index (χ4n) is 3.41. The van der Waals surface area contributed by atoms with E-state index in [4.69, 9.17) is 14.2 Å². The molecule has 2 aromatic rings. The van der Waals surface area contributed by atoms with Crippen molar-refractivity contribution in [2.75, 3.05) is 34.9 Å². The zero-order valence-electron chi connectivity index (χ0n) is 17.5. The number of methoxy groups -OCH3 is 3. The number of nitrogens with one attached hydrogen (secondary N) is 2. The van der Waals surface area contributed by atoms with E-state index in [2.05, 4.69) is 46.0 Å². The molecule has 0 radical (unpaired) electrons. The Balaban J connectivity index is 0.00000300. The third-order valence-corrected chi connectivity index (χ3v) is 5.31. The van der Waals surface area contributed by atoms with E-state index >= 15 is 0 Å². The second kappa shape index (κ2) is 10.6. The predicted molar refractivity (Wildman–Crippen MR) is 127 cm³/mol. The quantitative estimate of drug-likeness (QED) is 0.322. The zero-order valence-corrected chi connectivity index (χ0v) is 19.8. The van der Waals surface area contributed by atoms with E-state index in [9.17, 15) is 0 Å². The van der Waals surface area contributed by atoms with Gasteiger partial charge < -0.3 is 24.8 Å². The molecule has 0 heterocycles. The highest BCUT2D eigenvalue weighted by molar-refractivity contribution is 14.0. The van der Waals surface area contributed by atoms with E-state index in [0.717, 1.165) is 18.1 Å². The summed E-state index contributed by atoms with van der Waals surface area (Å²) in [5, 5.41) is 6.83. The third-order valence-electron chi connectivity index (χ3n) is 5.31. The lowest BCUT2D eigenvalue weighted by Crippen LogP contribution is -2.41. The van der Waals surface area contributed by atoms with Crippen molar-refractivity contribution < 1.29 is 14.2 Å². The maximum absolute atomic E-state index is 5.52. The van der Waals surface area contributed by atoms with Gasteiger partial charge in [0, 0.05) is 31.1 Å². The molecule has 6 nitrogen and oxygen atoms in total. The minimum atomic E-state index is 0. The van der Waals surface area contributed by atoms with Gasteiger partial charge in [0.1, 0.15) is 17.2 Å². The summed E-state index contributed by atoms with van der Waals surface area (Å²) in [6.45, 7) is 1.38. The summed E-state index contributed by atoms with van der Waals surface area (Å²) in [5.74, 6) is 2.87. The first-order valence-electron chi connectivity index (χ1n) is 9.44. The molecule has 1 fully saturated rings. The number of rotatable bonds is 8. The molecule has 1 saturated carbocycles. The van der Waals surface area contributed by atoms with Crippen LogP contribution in [0.1, 0.15) is 24.0 Å². The van der Waals surface area contributed by atoms with Crippen LogP contribution in [-0.4, -0.2) is 40.9 Å². The molecule has 1 aliphatic carbocycles. The predicted octanol–water partition coefficient (Wildman–Crippen LogP) is 3.73. The second-order valence-corrected chi connectivity index (χ2v) is 6.94. The van der Waals surface area contributed by atoms with Crippen molar-refractivity contribution in [2.45, 2.75) is 24.8 Å². The molecule has 7 heteroatoms. The number of ether oxygens (including phenoxy) is 3. The van der Waals surface area contributed by atoms with Crippen LogP contribution < -0.4 is 24.8 Å². The normalized spacial score (nSPS) is 14.4. The fraction of sp³-hybridized carbons (Fsp3) is 0.409. The van der Waals surface area contributed by atoms with E-state index in [1.807, 2.05) is 12.1 Å². The third kappa shape index (κ3) is 5.46. The Morgan fingerprint density at radius 2 is 1.59 bits per heavy atom. The highest BCUT2D eigenvalue weighted by Crippen LogP contribution is 2.47. The number of guanidine groups is 1. The first kappa shape index (κ1) is 23.1. The van der Waals surface area contributed by atoms with E-state index < -0.39 is 0 Å². The molecule has 0 amide bonds. The van der Waals surface area contributed by atoms with Crippen LogP contribution in [0, 0.1) is 0 Å². The summed E-state index contributed by atoms with van der Waals surface area (Å²) in [5.41, 5.74) is 2.52. The SMILES string of the molecule is CN=C(NCc1c(OC)cc(OC)cc1OC)NCC1(c2ccccc2)CC1.I. The average Bonchev–Trinajstić information content (AvgIpc) is 3.55. The zero-order chi connectivity index (χ0) is 20.0. The molecule has 0 aliphatic heterocycles. The fourth-order valence-corrected chi connectivity index (χ4v) is 3.41. The van der Waals surface area contributed by atoms with Crippen molar-refractivity contribution in [1.29, 1.82) is 0 Å². The largest absolute Gasteiger partial charge is 0.496 e. The molecule has 158 valence electrons. The summed E-state index contributed by atoms with van der Waals surface area (Å²) in [4.78, 5) is 4.36. The van der Waals surface area contributed by atoms with Gasteiger partial charge in [-0.05, 0) is 18.4 Å².